The van der Waals surface area contributed by atoms with E-state index in [1.54, 1.807) is 20.2 Å². The van der Waals surface area contributed by atoms with Gasteiger partial charge >= 0.3 is 6.03 Å². The Kier molecular flexibility index (Phi) is 3.79. The molecular weight excluding hydrogens is 256 g/mol. The van der Waals surface area contributed by atoms with Crippen LogP contribution in [0.25, 0.3) is 0 Å². The first-order valence-electron chi connectivity index (χ1n) is 6.79. The number of hydrogen-bond acceptors (Lipinski definition) is 3. The summed E-state index contributed by atoms with van der Waals surface area (Å²) in [5.41, 5.74) is 0.694. The Balaban J connectivity index is 2.12. The van der Waals surface area contributed by atoms with E-state index in [-0.39, 0.29) is 6.03 Å². The number of rotatable bonds is 3. The quantitative estimate of drug-likeness (QED) is 0.922. The maximum absolute atomic E-state index is 11.6. The Morgan fingerprint density at radius 1 is 1.30 bits per heavy atom. The lowest BCUT2D eigenvalue weighted by atomic mass is 10.0. The third kappa shape index (κ3) is 3.15. The van der Waals surface area contributed by atoms with Crippen molar-refractivity contribution < 1.29 is 14.3 Å². The van der Waals surface area contributed by atoms with Crippen LogP contribution in [-0.2, 0) is 0 Å². The molecule has 0 aromatic heterocycles. The number of hydrogen-bond donors (Lipinski definition) is 1. The van der Waals surface area contributed by atoms with E-state index in [1.807, 2.05) is 19.1 Å². The minimum Gasteiger partial charge on any atom is -0.449 e. The van der Waals surface area contributed by atoms with Crippen LogP contribution in [0.2, 0.25) is 0 Å². The first-order valence-corrected chi connectivity index (χ1v) is 6.79. The van der Waals surface area contributed by atoms with Crippen LogP contribution in [0.4, 0.5) is 10.5 Å². The third-order valence-corrected chi connectivity index (χ3v) is 3.03. The van der Waals surface area contributed by atoms with Crippen molar-refractivity contribution in [2.75, 3.05) is 19.4 Å². The van der Waals surface area contributed by atoms with E-state index in [2.05, 4.69) is 19.2 Å². The zero-order valence-corrected chi connectivity index (χ0v) is 12.7. The Morgan fingerprint density at radius 3 is 2.55 bits per heavy atom. The SMILES string of the molecule is CC(C)CC1(C)Oc2ccc(NC(=O)N(C)C)cc2O1. The number of nitrogens with zero attached hydrogens (tertiary/aromatic N) is 1. The summed E-state index contributed by atoms with van der Waals surface area (Å²) in [6.07, 6.45) is 0.807. The van der Waals surface area contributed by atoms with Crippen LogP contribution in [0.15, 0.2) is 18.2 Å². The minimum absolute atomic E-state index is 0.172. The summed E-state index contributed by atoms with van der Waals surface area (Å²) < 4.78 is 11.8. The molecule has 0 fully saturated rings. The molecule has 1 unspecified atom stereocenters. The molecule has 0 aliphatic carbocycles. The van der Waals surface area contributed by atoms with E-state index in [9.17, 15) is 4.79 Å². The molecule has 2 rings (SSSR count). The third-order valence-electron chi connectivity index (χ3n) is 3.03. The molecule has 5 heteroatoms. The van der Waals surface area contributed by atoms with Gasteiger partial charge in [0.2, 0.25) is 5.79 Å². The smallest absolute Gasteiger partial charge is 0.321 e. The summed E-state index contributed by atoms with van der Waals surface area (Å²) in [5, 5.41) is 2.79. The normalized spacial score (nSPS) is 20.1. The summed E-state index contributed by atoms with van der Waals surface area (Å²) >= 11 is 0. The van der Waals surface area contributed by atoms with Crippen LogP contribution in [0.3, 0.4) is 0 Å². The van der Waals surface area contributed by atoms with Crippen molar-refractivity contribution >= 4 is 11.7 Å². The molecule has 1 aliphatic rings. The number of carbonyl (C=O) groups is 1. The summed E-state index contributed by atoms with van der Waals surface area (Å²) in [6.45, 7) is 6.19. The van der Waals surface area contributed by atoms with Gasteiger partial charge in [-0.05, 0) is 18.1 Å². The number of ether oxygens (including phenoxy) is 2. The van der Waals surface area contributed by atoms with Gasteiger partial charge in [-0.1, -0.05) is 13.8 Å². The first-order chi connectivity index (χ1) is 9.29. The van der Waals surface area contributed by atoms with Crippen LogP contribution in [0.5, 0.6) is 11.5 Å². The molecule has 1 N–H and O–H groups in total. The molecule has 1 aliphatic heterocycles. The van der Waals surface area contributed by atoms with E-state index >= 15 is 0 Å². The molecule has 0 saturated carbocycles. The van der Waals surface area contributed by atoms with E-state index in [1.165, 1.54) is 4.90 Å². The fraction of sp³-hybridized carbons (Fsp3) is 0.533. The van der Waals surface area contributed by atoms with Crippen molar-refractivity contribution in [3.8, 4) is 11.5 Å². The molecule has 5 nitrogen and oxygen atoms in total. The van der Waals surface area contributed by atoms with E-state index in [4.69, 9.17) is 9.47 Å². The summed E-state index contributed by atoms with van der Waals surface area (Å²) in [6, 6.07) is 5.26. The Bertz CT molecular complexity index is 514. The number of urea groups is 1. The predicted octanol–water partition coefficient (Wildman–Crippen LogP) is 3.31. The molecule has 110 valence electrons. The molecule has 1 atom stereocenters. The average Bonchev–Trinajstić information content (AvgIpc) is 2.62. The van der Waals surface area contributed by atoms with Gasteiger partial charge in [0.1, 0.15) is 0 Å². The summed E-state index contributed by atoms with van der Waals surface area (Å²) in [7, 11) is 3.39. The Hall–Kier alpha value is -1.91. The average molecular weight is 278 g/mol. The number of amides is 2. The predicted molar refractivity (Wildman–Crippen MR) is 78.3 cm³/mol. The van der Waals surface area contributed by atoms with Gasteiger partial charge in [-0.15, -0.1) is 0 Å². The second-order valence-corrected chi connectivity index (χ2v) is 5.92. The van der Waals surface area contributed by atoms with Gasteiger partial charge in [0.25, 0.3) is 0 Å². The molecule has 2 amide bonds. The molecular formula is C15H22N2O3. The van der Waals surface area contributed by atoms with Gasteiger partial charge in [0.15, 0.2) is 11.5 Å². The number of nitrogens with one attached hydrogen (secondary N) is 1. The fourth-order valence-corrected chi connectivity index (χ4v) is 2.30. The van der Waals surface area contributed by atoms with Crippen LogP contribution in [-0.4, -0.2) is 30.8 Å². The van der Waals surface area contributed by atoms with Crippen molar-refractivity contribution in [1.29, 1.82) is 0 Å². The monoisotopic (exact) mass is 278 g/mol. The minimum atomic E-state index is -0.624. The van der Waals surface area contributed by atoms with Gasteiger partial charge < -0.3 is 19.7 Å². The molecule has 0 bridgehead atoms. The van der Waals surface area contributed by atoms with Crippen molar-refractivity contribution in [1.82, 2.24) is 4.90 Å². The molecule has 0 spiro atoms. The number of benzene rings is 1. The molecule has 20 heavy (non-hydrogen) atoms. The highest BCUT2D eigenvalue weighted by Crippen LogP contribution is 2.43. The highest BCUT2D eigenvalue weighted by atomic mass is 16.7. The van der Waals surface area contributed by atoms with Crippen molar-refractivity contribution in [2.24, 2.45) is 5.92 Å². The van der Waals surface area contributed by atoms with Crippen LogP contribution >= 0.6 is 0 Å². The molecule has 1 aromatic rings. The second-order valence-electron chi connectivity index (χ2n) is 5.92. The zero-order chi connectivity index (χ0) is 14.9. The largest absolute Gasteiger partial charge is 0.449 e. The van der Waals surface area contributed by atoms with Crippen molar-refractivity contribution in [3.63, 3.8) is 0 Å². The van der Waals surface area contributed by atoms with Crippen molar-refractivity contribution in [2.45, 2.75) is 33.0 Å². The van der Waals surface area contributed by atoms with E-state index in [0.717, 1.165) is 12.2 Å². The van der Waals surface area contributed by atoms with Crippen LogP contribution in [0.1, 0.15) is 27.2 Å². The highest BCUT2D eigenvalue weighted by Gasteiger charge is 2.37. The number of carbonyl (C=O) groups excluding carboxylic acids is 1. The van der Waals surface area contributed by atoms with Gasteiger partial charge in [-0.25, -0.2) is 4.79 Å². The summed E-state index contributed by atoms with van der Waals surface area (Å²) in [4.78, 5) is 13.1. The lowest BCUT2D eigenvalue weighted by molar-refractivity contribution is -0.0766. The maximum atomic E-state index is 11.6. The lowest BCUT2D eigenvalue weighted by Crippen LogP contribution is -2.36. The molecule has 0 radical (unpaired) electrons. The van der Waals surface area contributed by atoms with Gasteiger partial charge in [-0.3, -0.25) is 0 Å². The topological polar surface area (TPSA) is 50.8 Å². The highest BCUT2D eigenvalue weighted by molar-refractivity contribution is 5.89. The van der Waals surface area contributed by atoms with Crippen molar-refractivity contribution in [3.05, 3.63) is 18.2 Å². The molecule has 1 heterocycles. The fourth-order valence-electron chi connectivity index (χ4n) is 2.30. The van der Waals surface area contributed by atoms with Gasteiger partial charge in [0, 0.05) is 39.2 Å². The molecule has 0 saturated heterocycles. The van der Waals surface area contributed by atoms with E-state index in [0.29, 0.717) is 17.4 Å². The van der Waals surface area contributed by atoms with Gasteiger partial charge in [0.05, 0.1) is 0 Å². The lowest BCUT2D eigenvalue weighted by Gasteiger charge is -2.24. The summed E-state index contributed by atoms with van der Waals surface area (Å²) in [5.74, 6) is 1.24. The number of anilines is 1. The first kappa shape index (κ1) is 14.5. The van der Waals surface area contributed by atoms with Gasteiger partial charge in [-0.2, -0.15) is 0 Å². The van der Waals surface area contributed by atoms with Crippen LogP contribution in [0, 0.1) is 5.92 Å². The Labute approximate surface area is 119 Å². The zero-order valence-electron chi connectivity index (χ0n) is 12.7. The Morgan fingerprint density at radius 2 is 1.95 bits per heavy atom. The van der Waals surface area contributed by atoms with Crippen LogP contribution < -0.4 is 14.8 Å². The maximum Gasteiger partial charge on any atom is 0.321 e. The number of fused-ring (bicyclic) bond motifs is 1. The van der Waals surface area contributed by atoms with E-state index < -0.39 is 5.79 Å². The standard InChI is InChI=1S/C15H22N2O3/c1-10(2)9-15(3)19-12-7-6-11(8-13(12)20-15)16-14(18)17(4)5/h6-8,10H,9H2,1-5H3,(H,16,18). The molecule has 1 aromatic carbocycles. The second kappa shape index (κ2) is 5.23.